The second-order valence-corrected chi connectivity index (χ2v) is 1.76. The number of hydrogen-bond donors (Lipinski definition) is 2. The highest BCUT2D eigenvalue weighted by Gasteiger charge is 2.07. The van der Waals surface area contributed by atoms with Gasteiger partial charge in [-0.25, -0.2) is 9.59 Å². The molecule has 1 aromatic rings. The zero-order valence-corrected chi connectivity index (χ0v) is 5.61. The fourth-order valence-electron chi connectivity index (χ4n) is 0.461. The van der Waals surface area contributed by atoms with E-state index in [4.69, 9.17) is 10.2 Å². The van der Waals surface area contributed by atoms with Crippen LogP contribution in [0.3, 0.4) is 0 Å². The highest BCUT2D eigenvalue weighted by Crippen LogP contribution is 1.88. The standard InChI is InChI=1S/C6H2N2O4/c9-5(10)3-1-2-4(6(11)12)8-7-3/h(H,9,10)(H,11,12). The highest BCUT2D eigenvalue weighted by atomic mass is 16.4. The number of carboxylic acids is 2. The molecule has 60 valence electrons. The number of aromatic nitrogens is 2. The lowest BCUT2D eigenvalue weighted by Gasteiger charge is -1.87. The van der Waals surface area contributed by atoms with Crippen LogP contribution in [0.2, 0.25) is 0 Å². The van der Waals surface area contributed by atoms with Crippen molar-refractivity contribution in [3.05, 3.63) is 23.5 Å². The molecule has 0 aromatic carbocycles. The minimum absolute atomic E-state index is 0.458. The van der Waals surface area contributed by atoms with Crippen LogP contribution < -0.4 is 0 Å². The molecule has 1 heterocycles. The molecule has 12 heavy (non-hydrogen) atoms. The van der Waals surface area contributed by atoms with Crippen LogP contribution in [-0.2, 0) is 0 Å². The van der Waals surface area contributed by atoms with Gasteiger partial charge in [0.15, 0.2) is 0 Å². The van der Waals surface area contributed by atoms with Crippen molar-refractivity contribution in [3.63, 3.8) is 0 Å². The molecule has 6 nitrogen and oxygen atoms in total. The highest BCUT2D eigenvalue weighted by molar-refractivity contribution is 5.86. The summed E-state index contributed by atoms with van der Waals surface area (Å²) < 4.78 is 0. The van der Waals surface area contributed by atoms with Crippen LogP contribution in [0.1, 0.15) is 21.0 Å². The van der Waals surface area contributed by atoms with E-state index >= 15 is 0 Å². The van der Waals surface area contributed by atoms with E-state index < -0.39 is 23.3 Å². The maximum absolute atomic E-state index is 10.2. The molecule has 1 rings (SSSR count). The van der Waals surface area contributed by atoms with Crippen molar-refractivity contribution in [3.8, 4) is 0 Å². The minimum atomic E-state index is -1.32. The quantitative estimate of drug-likeness (QED) is 0.612. The fraction of sp³-hybridized carbons (Fsp3) is 0. The number of rotatable bonds is 2. The Hall–Kier alpha value is -2.16. The number of aromatic carboxylic acids is 2. The van der Waals surface area contributed by atoms with Crippen molar-refractivity contribution in [1.29, 1.82) is 0 Å². The molecule has 0 radical (unpaired) electrons. The second kappa shape index (κ2) is 2.84. The predicted molar refractivity (Wildman–Crippen MR) is 33.6 cm³/mol. The molecule has 1 aromatic heterocycles. The van der Waals surface area contributed by atoms with Crippen LogP contribution in [0.15, 0.2) is 0 Å². The van der Waals surface area contributed by atoms with Gasteiger partial charge in [0.2, 0.25) is 11.4 Å². The van der Waals surface area contributed by atoms with E-state index in [0.717, 1.165) is 0 Å². The summed E-state index contributed by atoms with van der Waals surface area (Å²) in [5.41, 5.74) is -0.917. The van der Waals surface area contributed by atoms with E-state index in [0.29, 0.717) is 0 Å². The van der Waals surface area contributed by atoms with Gasteiger partial charge in [0.05, 0.1) is 0 Å². The van der Waals surface area contributed by atoms with Crippen molar-refractivity contribution in [2.75, 3.05) is 0 Å². The van der Waals surface area contributed by atoms with Crippen LogP contribution in [-0.4, -0.2) is 32.3 Å². The third-order valence-corrected chi connectivity index (χ3v) is 0.954. The monoisotopic (exact) mass is 166 g/mol. The van der Waals surface area contributed by atoms with Gasteiger partial charge in [0.1, 0.15) is 0 Å². The number of nitrogens with zero attached hydrogens (tertiary/aromatic N) is 2. The SMILES string of the molecule is O=C(O)c1c#cc(C(=O)O)nn1. The Morgan fingerprint density at radius 2 is 1.33 bits per heavy atom. The lowest BCUT2D eigenvalue weighted by Crippen LogP contribution is -2.05. The average molecular weight is 166 g/mol. The van der Waals surface area contributed by atoms with Crippen molar-refractivity contribution >= 4 is 11.9 Å². The smallest absolute Gasteiger partial charge is 0.365 e. The van der Waals surface area contributed by atoms with Crippen molar-refractivity contribution in [1.82, 2.24) is 10.2 Å². The molecule has 0 saturated carbocycles. The molecule has 0 atom stereocenters. The molecule has 0 aliphatic carbocycles. The van der Waals surface area contributed by atoms with E-state index in [-0.39, 0.29) is 0 Å². The summed E-state index contributed by atoms with van der Waals surface area (Å²) in [6, 6.07) is 4.08. The van der Waals surface area contributed by atoms with Gasteiger partial charge in [-0.1, -0.05) is 0 Å². The molecule has 6 heteroatoms. The zero-order chi connectivity index (χ0) is 9.14. The van der Waals surface area contributed by atoms with Gasteiger partial charge in [-0.3, -0.25) is 0 Å². The average Bonchev–Trinajstić information content (AvgIpc) is 2.04. The maximum atomic E-state index is 10.2. The number of carboxylic acid groups (broad SMARTS) is 2. The number of carbonyl (C=O) groups is 2. The first-order valence-corrected chi connectivity index (χ1v) is 2.75. The Morgan fingerprint density at radius 3 is 1.50 bits per heavy atom. The first-order valence-electron chi connectivity index (χ1n) is 2.75. The summed E-state index contributed by atoms with van der Waals surface area (Å²) in [4.78, 5) is 20.4. The van der Waals surface area contributed by atoms with Crippen LogP contribution in [0, 0.1) is 12.1 Å². The van der Waals surface area contributed by atoms with Gasteiger partial charge < -0.3 is 10.2 Å². The minimum Gasteiger partial charge on any atom is -0.476 e. The van der Waals surface area contributed by atoms with Gasteiger partial charge in [0.25, 0.3) is 0 Å². The topological polar surface area (TPSA) is 100 Å². The third-order valence-electron chi connectivity index (χ3n) is 0.954. The van der Waals surface area contributed by atoms with Crippen molar-refractivity contribution in [2.24, 2.45) is 0 Å². The van der Waals surface area contributed by atoms with Crippen LogP contribution in [0.4, 0.5) is 0 Å². The normalized spacial score (nSPS) is 8.67. The van der Waals surface area contributed by atoms with Crippen LogP contribution in [0.5, 0.6) is 0 Å². The molecule has 0 saturated heterocycles. The maximum Gasteiger partial charge on any atom is 0.365 e. The zero-order valence-electron chi connectivity index (χ0n) is 5.61. The molecule has 0 aliphatic heterocycles. The summed E-state index contributed by atoms with van der Waals surface area (Å²) in [5, 5.41) is 22.8. The van der Waals surface area contributed by atoms with E-state index in [1.165, 1.54) is 0 Å². The predicted octanol–water partition coefficient (Wildman–Crippen LogP) is -0.527. The summed E-state index contributed by atoms with van der Waals surface area (Å²) in [6.07, 6.45) is 0. The first-order chi connectivity index (χ1) is 5.61. The van der Waals surface area contributed by atoms with Crippen molar-refractivity contribution in [2.45, 2.75) is 0 Å². The fourth-order valence-corrected chi connectivity index (χ4v) is 0.461. The molecule has 0 fully saturated rings. The Bertz CT molecular complexity index is 286. The Balaban J connectivity index is 3.01. The van der Waals surface area contributed by atoms with Crippen LogP contribution in [0.25, 0.3) is 0 Å². The molecule has 0 spiro atoms. The van der Waals surface area contributed by atoms with Crippen LogP contribution >= 0.6 is 0 Å². The van der Waals surface area contributed by atoms with Gasteiger partial charge in [0, 0.05) is 0 Å². The summed E-state index contributed by atoms with van der Waals surface area (Å²) in [7, 11) is 0. The summed E-state index contributed by atoms with van der Waals surface area (Å²) >= 11 is 0. The lowest BCUT2D eigenvalue weighted by molar-refractivity contribution is 0.0669. The Labute approximate surface area is 66.5 Å². The number of hydrogen-bond acceptors (Lipinski definition) is 4. The summed E-state index contributed by atoms with van der Waals surface area (Å²) in [6.45, 7) is 0. The second-order valence-electron chi connectivity index (χ2n) is 1.76. The van der Waals surface area contributed by atoms with Gasteiger partial charge in [-0.15, -0.1) is 10.2 Å². The molecular weight excluding hydrogens is 164 g/mol. The lowest BCUT2D eigenvalue weighted by atomic mass is 10.4. The van der Waals surface area contributed by atoms with E-state index in [9.17, 15) is 9.59 Å². The van der Waals surface area contributed by atoms with E-state index in [1.807, 2.05) is 12.1 Å². The molecule has 0 amide bonds. The molecule has 2 N–H and O–H groups in total. The molecule has 0 bridgehead atoms. The van der Waals surface area contributed by atoms with Gasteiger partial charge in [-0.05, 0) is 12.1 Å². The van der Waals surface area contributed by atoms with E-state index in [2.05, 4.69) is 10.2 Å². The largest absolute Gasteiger partial charge is 0.476 e. The Kier molecular flexibility index (Phi) is 1.88. The van der Waals surface area contributed by atoms with Gasteiger partial charge >= 0.3 is 11.9 Å². The molecular formula is C6H2N2O4. The van der Waals surface area contributed by atoms with Crippen molar-refractivity contribution < 1.29 is 19.8 Å². The molecule has 0 aliphatic rings. The first kappa shape index (κ1) is 7.94. The summed E-state index contributed by atoms with van der Waals surface area (Å²) in [5.74, 6) is -2.65. The third kappa shape index (κ3) is 1.46. The molecule has 0 unspecified atom stereocenters. The van der Waals surface area contributed by atoms with Gasteiger partial charge in [-0.2, -0.15) is 0 Å². The Morgan fingerprint density at radius 1 is 1.00 bits per heavy atom. The van der Waals surface area contributed by atoms with E-state index in [1.54, 1.807) is 0 Å².